The van der Waals surface area contributed by atoms with E-state index in [1.807, 2.05) is 12.1 Å². The molecule has 0 radical (unpaired) electrons. The molecule has 26 heavy (non-hydrogen) atoms. The van der Waals surface area contributed by atoms with Crippen LogP contribution < -0.4 is 10.1 Å². The van der Waals surface area contributed by atoms with Gasteiger partial charge in [-0.25, -0.2) is 9.37 Å². The predicted molar refractivity (Wildman–Crippen MR) is 98.0 cm³/mol. The summed E-state index contributed by atoms with van der Waals surface area (Å²) in [4.78, 5) is 17.3. The Morgan fingerprint density at radius 3 is 2.88 bits per heavy atom. The number of hydrogen-bond donors (Lipinski definition) is 1. The molecule has 1 heterocycles. The summed E-state index contributed by atoms with van der Waals surface area (Å²) in [5.41, 5.74) is 3.94. The highest BCUT2D eigenvalue weighted by Crippen LogP contribution is 2.32. The van der Waals surface area contributed by atoms with E-state index in [4.69, 9.17) is 4.74 Å². The molecule has 0 spiro atoms. The fourth-order valence-electron chi connectivity index (χ4n) is 3.65. The molecule has 5 heteroatoms. The van der Waals surface area contributed by atoms with Crippen molar-refractivity contribution in [1.29, 1.82) is 0 Å². The molecule has 2 aromatic carbocycles. The first-order valence-corrected chi connectivity index (χ1v) is 8.60. The van der Waals surface area contributed by atoms with Gasteiger partial charge in [0.15, 0.2) is 0 Å². The van der Waals surface area contributed by atoms with Crippen molar-refractivity contribution in [3.63, 3.8) is 0 Å². The monoisotopic (exact) mass is 350 g/mol. The lowest BCUT2D eigenvalue weighted by molar-refractivity contribution is 0.0931. The minimum absolute atomic E-state index is 0.0171. The van der Waals surface area contributed by atoms with Gasteiger partial charge in [0, 0.05) is 11.5 Å². The fraction of sp³-hybridized carbons (Fsp3) is 0.238. The van der Waals surface area contributed by atoms with Crippen LogP contribution in [-0.4, -0.2) is 18.0 Å². The number of benzene rings is 2. The second-order valence-corrected chi connectivity index (χ2v) is 6.59. The van der Waals surface area contributed by atoms with Crippen LogP contribution in [0, 0.1) is 12.7 Å². The Bertz CT molecular complexity index is 1020. The topological polar surface area (TPSA) is 51.2 Å². The summed E-state index contributed by atoms with van der Waals surface area (Å²) >= 11 is 0. The van der Waals surface area contributed by atoms with Crippen LogP contribution in [-0.2, 0) is 6.42 Å². The number of nitrogens with one attached hydrogen (secondary N) is 1. The lowest BCUT2D eigenvalue weighted by Gasteiger charge is -2.15. The first kappa shape index (κ1) is 16.5. The largest absolute Gasteiger partial charge is 0.496 e. The molecular weight excluding hydrogens is 331 g/mol. The van der Waals surface area contributed by atoms with Crippen molar-refractivity contribution in [3.05, 3.63) is 70.7 Å². The van der Waals surface area contributed by atoms with Crippen molar-refractivity contribution in [2.75, 3.05) is 7.11 Å². The number of pyridine rings is 1. The van der Waals surface area contributed by atoms with Crippen LogP contribution in [0.3, 0.4) is 0 Å². The Kier molecular flexibility index (Phi) is 4.07. The molecule has 1 atom stereocenters. The Labute approximate surface area is 151 Å². The maximum absolute atomic E-state index is 13.7. The van der Waals surface area contributed by atoms with Crippen LogP contribution in [0.1, 0.15) is 39.6 Å². The highest BCUT2D eigenvalue weighted by Gasteiger charge is 2.25. The Balaban J connectivity index is 1.69. The summed E-state index contributed by atoms with van der Waals surface area (Å²) < 4.78 is 19.1. The zero-order valence-electron chi connectivity index (χ0n) is 14.7. The number of aryl methyl sites for hydroxylation is 2. The molecule has 0 saturated heterocycles. The molecular formula is C21H19FN2O2. The summed E-state index contributed by atoms with van der Waals surface area (Å²) in [7, 11) is 1.50. The van der Waals surface area contributed by atoms with Gasteiger partial charge in [-0.3, -0.25) is 4.79 Å². The van der Waals surface area contributed by atoms with Gasteiger partial charge in [-0.2, -0.15) is 0 Å². The molecule has 1 aliphatic carbocycles. The van der Waals surface area contributed by atoms with E-state index in [1.165, 1.54) is 24.8 Å². The lowest BCUT2D eigenvalue weighted by Crippen LogP contribution is -2.28. The zero-order valence-corrected chi connectivity index (χ0v) is 14.7. The predicted octanol–water partition coefficient (Wildman–Crippen LogP) is 4.11. The van der Waals surface area contributed by atoms with Gasteiger partial charge in [0.05, 0.1) is 18.7 Å². The van der Waals surface area contributed by atoms with Crippen LogP contribution in [0.15, 0.2) is 42.5 Å². The standard InChI is InChI=1S/C21H19FN2O2/c1-12-9-14(22)10-16-19(26-2)11-18(23-20(12)16)21(25)24-17-8-7-13-5-3-4-6-15(13)17/h3-6,9-11,17H,7-8H2,1-2H3,(H,24,25)/t17-/m1/s1. The van der Waals surface area contributed by atoms with Crippen molar-refractivity contribution in [2.45, 2.75) is 25.8 Å². The van der Waals surface area contributed by atoms with Gasteiger partial charge >= 0.3 is 0 Å². The molecule has 1 amide bonds. The number of methoxy groups -OCH3 is 1. The van der Waals surface area contributed by atoms with E-state index in [0.717, 1.165) is 18.4 Å². The fourth-order valence-corrected chi connectivity index (χ4v) is 3.65. The third-order valence-corrected chi connectivity index (χ3v) is 4.92. The Morgan fingerprint density at radius 1 is 1.27 bits per heavy atom. The highest BCUT2D eigenvalue weighted by atomic mass is 19.1. The SMILES string of the molecule is COc1cc(C(=O)N[C@@H]2CCc3ccccc32)nc2c(C)cc(F)cc12. The van der Waals surface area contributed by atoms with Crippen molar-refractivity contribution in [2.24, 2.45) is 0 Å². The summed E-state index contributed by atoms with van der Waals surface area (Å²) in [6.45, 7) is 1.77. The van der Waals surface area contributed by atoms with E-state index in [1.54, 1.807) is 13.0 Å². The summed E-state index contributed by atoms with van der Waals surface area (Å²) in [5.74, 6) is -0.167. The van der Waals surface area contributed by atoms with E-state index in [2.05, 4.69) is 22.4 Å². The first-order chi connectivity index (χ1) is 12.6. The van der Waals surface area contributed by atoms with E-state index in [9.17, 15) is 9.18 Å². The molecule has 0 bridgehead atoms. The van der Waals surface area contributed by atoms with E-state index < -0.39 is 0 Å². The molecule has 4 rings (SSSR count). The minimum Gasteiger partial charge on any atom is -0.496 e. The molecule has 132 valence electrons. The van der Waals surface area contributed by atoms with Crippen molar-refractivity contribution < 1.29 is 13.9 Å². The maximum atomic E-state index is 13.7. The zero-order chi connectivity index (χ0) is 18.3. The third-order valence-electron chi connectivity index (χ3n) is 4.92. The average Bonchev–Trinajstić information content (AvgIpc) is 3.04. The lowest BCUT2D eigenvalue weighted by atomic mass is 10.1. The number of amides is 1. The van der Waals surface area contributed by atoms with Crippen LogP contribution >= 0.6 is 0 Å². The van der Waals surface area contributed by atoms with Crippen LogP contribution in [0.25, 0.3) is 10.9 Å². The molecule has 1 aromatic heterocycles. The van der Waals surface area contributed by atoms with Crippen molar-refractivity contribution in [1.82, 2.24) is 10.3 Å². The normalized spacial score (nSPS) is 15.7. The number of ether oxygens (including phenoxy) is 1. The van der Waals surface area contributed by atoms with Gasteiger partial charge in [-0.15, -0.1) is 0 Å². The third kappa shape index (κ3) is 2.79. The summed E-state index contributed by atoms with van der Waals surface area (Å²) in [5, 5.41) is 3.63. The second kappa shape index (κ2) is 6.41. The molecule has 1 N–H and O–H groups in total. The van der Waals surface area contributed by atoms with Crippen LogP contribution in [0.5, 0.6) is 5.75 Å². The molecule has 0 fully saturated rings. The molecule has 0 saturated carbocycles. The second-order valence-electron chi connectivity index (χ2n) is 6.59. The number of hydrogen-bond acceptors (Lipinski definition) is 3. The minimum atomic E-state index is -0.352. The van der Waals surface area contributed by atoms with Gasteiger partial charge in [-0.05, 0) is 48.6 Å². The van der Waals surface area contributed by atoms with Crippen molar-refractivity contribution in [3.8, 4) is 5.75 Å². The van der Waals surface area contributed by atoms with Crippen LogP contribution in [0.4, 0.5) is 4.39 Å². The number of rotatable bonds is 3. The van der Waals surface area contributed by atoms with Gasteiger partial charge in [0.25, 0.3) is 5.91 Å². The number of nitrogens with zero attached hydrogens (tertiary/aromatic N) is 1. The van der Waals surface area contributed by atoms with Crippen molar-refractivity contribution >= 4 is 16.8 Å². The smallest absolute Gasteiger partial charge is 0.270 e. The van der Waals surface area contributed by atoms with E-state index >= 15 is 0 Å². The summed E-state index contributed by atoms with van der Waals surface area (Å²) in [6, 6.07) is 12.5. The Hall–Kier alpha value is -2.95. The van der Waals surface area contributed by atoms with E-state index in [-0.39, 0.29) is 23.5 Å². The number of carbonyl (C=O) groups excluding carboxylic acids is 1. The number of halogens is 1. The van der Waals surface area contributed by atoms with Crippen LogP contribution in [0.2, 0.25) is 0 Å². The number of aromatic nitrogens is 1. The van der Waals surface area contributed by atoms with Gasteiger partial charge in [0.2, 0.25) is 0 Å². The quantitative estimate of drug-likeness (QED) is 0.773. The first-order valence-electron chi connectivity index (χ1n) is 8.60. The van der Waals surface area contributed by atoms with Gasteiger partial charge in [0.1, 0.15) is 17.3 Å². The molecule has 4 nitrogen and oxygen atoms in total. The average molecular weight is 350 g/mol. The maximum Gasteiger partial charge on any atom is 0.270 e. The number of carbonyl (C=O) groups is 1. The van der Waals surface area contributed by atoms with Gasteiger partial charge in [-0.1, -0.05) is 24.3 Å². The van der Waals surface area contributed by atoms with Gasteiger partial charge < -0.3 is 10.1 Å². The molecule has 3 aromatic rings. The highest BCUT2D eigenvalue weighted by molar-refractivity contribution is 5.98. The molecule has 0 aliphatic heterocycles. The van der Waals surface area contributed by atoms with E-state index in [0.29, 0.717) is 22.2 Å². The summed E-state index contributed by atoms with van der Waals surface area (Å²) in [6.07, 6.45) is 1.83. The number of fused-ring (bicyclic) bond motifs is 2. The Morgan fingerprint density at radius 2 is 2.08 bits per heavy atom. The molecule has 0 unspecified atom stereocenters. The molecule has 1 aliphatic rings.